The number of carbonyl (C=O) groups is 1. The number of nitrogens with zero attached hydrogens (tertiary/aromatic N) is 5. The second kappa shape index (κ2) is 7.16. The highest BCUT2D eigenvalue weighted by atomic mass is 16.5. The van der Waals surface area contributed by atoms with Crippen molar-refractivity contribution in [1.82, 2.24) is 24.9 Å². The number of aromatic nitrogens is 3. The van der Waals surface area contributed by atoms with Gasteiger partial charge in [-0.05, 0) is 49.6 Å². The van der Waals surface area contributed by atoms with Crippen LogP contribution >= 0.6 is 0 Å². The van der Waals surface area contributed by atoms with E-state index in [9.17, 15) is 4.79 Å². The van der Waals surface area contributed by atoms with E-state index in [0.29, 0.717) is 18.8 Å². The lowest BCUT2D eigenvalue weighted by Gasteiger charge is -2.37. The minimum absolute atomic E-state index is 0.0295. The van der Waals surface area contributed by atoms with Gasteiger partial charge >= 0.3 is 0 Å². The lowest BCUT2D eigenvalue weighted by atomic mass is 9.98. The van der Waals surface area contributed by atoms with E-state index in [1.165, 1.54) is 19.3 Å². The Morgan fingerprint density at radius 2 is 2.00 bits per heavy atom. The zero-order chi connectivity index (χ0) is 20.1. The number of hydrogen-bond acceptors (Lipinski definition) is 6. The Balaban J connectivity index is 1.13. The molecule has 2 aromatic heterocycles. The maximum atomic E-state index is 13.0. The van der Waals surface area contributed by atoms with E-state index >= 15 is 0 Å². The molecule has 154 valence electrons. The van der Waals surface area contributed by atoms with Crippen molar-refractivity contribution in [2.75, 3.05) is 26.2 Å². The van der Waals surface area contributed by atoms with Crippen LogP contribution in [0.4, 0.5) is 0 Å². The van der Waals surface area contributed by atoms with E-state index < -0.39 is 0 Å². The van der Waals surface area contributed by atoms with Crippen LogP contribution in [0.15, 0.2) is 41.1 Å². The number of benzene rings is 1. The molecule has 3 aromatic rings. The number of carbonyl (C=O) groups excluding carboxylic acids is 1. The van der Waals surface area contributed by atoms with Crippen LogP contribution in [0.2, 0.25) is 0 Å². The van der Waals surface area contributed by atoms with Crippen molar-refractivity contribution in [2.45, 2.75) is 37.6 Å². The van der Waals surface area contributed by atoms with Crippen molar-refractivity contribution in [3.8, 4) is 0 Å². The number of rotatable bonds is 5. The van der Waals surface area contributed by atoms with Crippen LogP contribution < -0.4 is 0 Å². The van der Waals surface area contributed by atoms with Gasteiger partial charge in [0.1, 0.15) is 5.69 Å². The van der Waals surface area contributed by atoms with Crippen LogP contribution in [0.25, 0.3) is 10.8 Å². The van der Waals surface area contributed by atoms with Crippen molar-refractivity contribution < 1.29 is 9.32 Å². The van der Waals surface area contributed by atoms with Crippen LogP contribution in [0.1, 0.15) is 59.8 Å². The number of pyridine rings is 1. The molecule has 1 saturated carbocycles. The minimum atomic E-state index is -0.0295. The SMILES string of the molecule is O=C(c1nccc2ccccc12)N1CC(c2noc(C3CCCN3CC3CC3)n2)C1. The molecular weight excluding hydrogens is 378 g/mol. The monoisotopic (exact) mass is 403 g/mol. The molecule has 7 heteroatoms. The van der Waals surface area contributed by atoms with Gasteiger partial charge in [0.2, 0.25) is 5.89 Å². The van der Waals surface area contributed by atoms with Gasteiger partial charge in [-0.3, -0.25) is 14.7 Å². The van der Waals surface area contributed by atoms with Crippen molar-refractivity contribution in [2.24, 2.45) is 5.92 Å². The summed E-state index contributed by atoms with van der Waals surface area (Å²) < 4.78 is 5.66. The van der Waals surface area contributed by atoms with Crippen LogP contribution in [0.5, 0.6) is 0 Å². The fourth-order valence-corrected chi connectivity index (χ4v) is 4.75. The van der Waals surface area contributed by atoms with Crippen LogP contribution in [0, 0.1) is 5.92 Å². The molecular formula is C23H25N5O2. The molecule has 2 aliphatic heterocycles. The maximum Gasteiger partial charge on any atom is 0.273 e. The zero-order valence-corrected chi connectivity index (χ0v) is 16.9. The second-order valence-corrected chi connectivity index (χ2v) is 8.87. The molecule has 1 amide bonds. The van der Waals surface area contributed by atoms with Crippen molar-refractivity contribution in [3.63, 3.8) is 0 Å². The highest BCUT2D eigenvalue weighted by Gasteiger charge is 2.39. The van der Waals surface area contributed by atoms with E-state index in [2.05, 4.69) is 15.0 Å². The van der Waals surface area contributed by atoms with Crippen LogP contribution in [-0.4, -0.2) is 57.0 Å². The Bertz CT molecular complexity index is 1080. The average molecular weight is 403 g/mol. The quantitative estimate of drug-likeness (QED) is 0.650. The van der Waals surface area contributed by atoms with Gasteiger partial charge < -0.3 is 9.42 Å². The highest BCUT2D eigenvalue weighted by molar-refractivity contribution is 6.05. The van der Waals surface area contributed by atoms with E-state index in [1.54, 1.807) is 6.20 Å². The van der Waals surface area contributed by atoms with Gasteiger partial charge in [-0.1, -0.05) is 29.4 Å². The van der Waals surface area contributed by atoms with Crippen LogP contribution in [-0.2, 0) is 0 Å². The summed E-state index contributed by atoms with van der Waals surface area (Å²) in [6.45, 7) is 3.51. The molecule has 1 aromatic carbocycles. The first kappa shape index (κ1) is 18.0. The molecule has 0 radical (unpaired) electrons. The summed E-state index contributed by atoms with van der Waals surface area (Å²) in [4.78, 5) is 26.4. The van der Waals surface area contributed by atoms with E-state index in [4.69, 9.17) is 9.51 Å². The molecule has 30 heavy (non-hydrogen) atoms. The summed E-state index contributed by atoms with van der Waals surface area (Å²) in [5.74, 6) is 2.46. The highest BCUT2D eigenvalue weighted by Crippen LogP contribution is 2.38. The van der Waals surface area contributed by atoms with Crippen molar-refractivity contribution in [1.29, 1.82) is 0 Å². The largest absolute Gasteiger partial charge is 0.338 e. The summed E-state index contributed by atoms with van der Waals surface area (Å²) in [5.41, 5.74) is 0.516. The first-order valence-corrected chi connectivity index (χ1v) is 11.0. The average Bonchev–Trinajstić information content (AvgIpc) is 3.22. The Morgan fingerprint density at radius 3 is 2.87 bits per heavy atom. The summed E-state index contributed by atoms with van der Waals surface area (Å²) in [6.07, 6.45) is 6.70. The Morgan fingerprint density at radius 1 is 1.13 bits per heavy atom. The minimum Gasteiger partial charge on any atom is -0.338 e. The lowest BCUT2D eigenvalue weighted by molar-refractivity contribution is 0.0588. The molecule has 1 aliphatic carbocycles. The van der Waals surface area contributed by atoms with Gasteiger partial charge in [-0.25, -0.2) is 0 Å². The number of hydrogen-bond donors (Lipinski definition) is 0. The van der Waals surface area contributed by atoms with Gasteiger partial charge in [0, 0.05) is 31.2 Å². The summed E-state index contributed by atoms with van der Waals surface area (Å²) in [6, 6.07) is 10.1. The smallest absolute Gasteiger partial charge is 0.273 e. The van der Waals surface area contributed by atoms with Gasteiger partial charge in [-0.2, -0.15) is 4.98 Å². The van der Waals surface area contributed by atoms with E-state index in [-0.39, 0.29) is 17.9 Å². The number of fused-ring (bicyclic) bond motifs is 1. The third-order valence-corrected chi connectivity index (χ3v) is 6.71. The molecule has 3 fully saturated rings. The standard InChI is InChI=1S/C23H25N5O2/c29-23(20-18-5-2-1-4-16(18)9-10-24-20)28-13-17(14-28)21-25-22(30-26-21)19-6-3-11-27(19)12-15-7-8-15/h1-2,4-5,9-10,15,17,19H,3,6-8,11-14H2. The van der Waals surface area contributed by atoms with E-state index in [0.717, 1.165) is 47.9 Å². The fraction of sp³-hybridized carbons (Fsp3) is 0.478. The first-order valence-electron chi connectivity index (χ1n) is 11.0. The number of likely N-dealkylation sites (tertiary alicyclic amines) is 2. The Labute approximate surface area is 175 Å². The number of amides is 1. The third kappa shape index (κ3) is 3.17. The van der Waals surface area contributed by atoms with Gasteiger partial charge in [0.15, 0.2) is 5.82 Å². The molecule has 1 atom stereocenters. The van der Waals surface area contributed by atoms with E-state index in [1.807, 2.05) is 35.2 Å². The van der Waals surface area contributed by atoms with Gasteiger partial charge in [0.05, 0.1) is 12.0 Å². The Hall–Kier alpha value is -2.80. The first-order chi connectivity index (χ1) is 14.8. The molecule has 0 spiro atoms. The van der Waals surface area contributed by atoms with Crippen molar-refractivity contribution in [3.05, 3.63) is 53.9 Å². The fourth-order valence-electron chi connectivity index (χ4n) is 4.75. The molecule has 4 heterocycles. The molecule has 0 bridgehead atoms. The molecule has 3 aliphatic rings. The molecule has 1 unspecified atom stereocenters. The topological polar surface area (TPSA) is 75.4 Å². The molecule has 2 saturated heterocycles. The normalized spacial score (nSPS) is 22.5. The predicted octanol–water partition coefficient (Wildman–Crippen LogP) is 3.40. The Kier molecular flexibility index (Phi) is 4.30. The van der Waals surface area contributed by atoms with Crippen molar-refractivity contribution >= 4 is 16.7 Å². The maximum absolute atomic E-state index is 13.0. The zero-order valence-electron chi connectivity index (χ0n) is 16.9. The molecule has 6 rings (SSSR count). The third-order valence-electron chi connectivity index (χ3n) is 6.71. The van der Waals surface area contributed by atoms with Gasteiger partial charge in [-0.15, -0.1) is 0 Å². The summed E-state index contributed by atoms with van der Waals surface area (Å²) >= 11 is 0. The predicted molar refractivity (Wildman–Crippen MR) is 111 cm³/mol. The second-order valence-electron chi connectivity index (χ2n) is 8.87. The van der Waals surface area contributed by atoms with Gasteiger partial charge in [0.25, 0.3) is 5.91 Å². The van der Waals surface area contributed by atoms with Crippen LogP contribution in [0.3, 0.4) is 0 Å². The summed E-state index contributed by atoms with van der Waals surface area (Å²) in [7, 11) is 0. The molecule has 7 nitrogen and oxygen atoms in total. The molecule has 0 N–H and O–H groups in total. The lowest BCUT2D eigenvalue weighted by Crippen LogP contribution is -2.49. The summed E-state index contributed by atoms with van der Waals surface area (Å²) in [5, 5.41) is 6.19.